The van der Waals surface area contributed by atoms with E-state index in [0.29, 0.717) is 23.3 Å². The molecular weight excluding hydrogens is 384 g/mol. The van der Waals surface area contributed by atoms with Crippen LogP contribution in [0, 0.1) is 13.8 Å². The first-order valence-corrected chi connectivity index (χ1v) is 10.6. The molecule has 4 rings (SSSR count). The van der Waals surface area contributed by atoms with Crippen LogP contribution in [0.4, 0.5) is 0 Å². The Labute approximate surface area is 183 Å². The molecule has 4 aromatic rings. The molecule has 3 aromatic carbocycles. The zero-order valence-electron chi connectivity index (χ0n) is 18.8. The molecule has 0 radical (unpaired) electrons. The Morgan fingerprint density at radius 3 is 2.13 bits per heavy atom. The number of rotatable bonds is 4. The fourth-order valence-corrected chi connectivity index (χ4v) is 3.57. The lowest BCUT2D eigenvalue weighted by Crippen LogP contribution is -2.11. The first kappa shape index (κ1) is 20.9. The summed E-state index contributed by atoms with van der Waals surface area (Å²) in [5, 5.41) is 0.536. The van der Waals surface area contributed by atoms with Gasteiger partial charge in [-0.05, 0) is 42.5 Å². The van der Waals surface area contributed by atoms with E-state index in [1.54, 1.807) is 0 Å². The number of hydrogen-bond donors (Lipinski definition) is 0. The highest BCUT2D eigenvalue weighted by Crippen LogP contribution is 2.33. The molecule has 158 valence electrons. The minimum absolute atomic E-state index is 0.0467. The van der Waals surface area contributed by atoms with E-state index < -0.39 is 0 Å². The quantitative estimate of drug-likeness (QED) is 0.364. The van der Waals surface area contributed by atoms with Gasteiger partial charge in [0.1, 0.15) is 12.2 Å². The molecule has 0 saturated heterocycles. The van der Waals surface area contributed by atoms with Gasteiger partial charge in [-0.15, -0.1) is 0 Å². The Morgan fingerprint density at radius 2 is 1.48 bits per heavy atom. The average molecular weight is 413 g/mol. The second-order valence-electron chi connectivity index (χ2n) is 9.19. The normalized spacial score (nSPS) is 11.6. The zero-order valence-corrected chi connectivity index (χ0v) is 18.8. The molecular formula is C28H28O3. The predicted octanol–water partition coefficient (Wildman–Crippen LogP) is 6.95. The van der Waals surface area contributed by atoms with Crippen molar-refractivity contribution in [1.82, 2.24) is 0 Å². The minimum atomic E-state index is -0.146. The van der Waals surface area contributed by atoms with Crippen molar-refractivity contribution >= 4 is 11.0 Å². The van der Waals surface area contributed by atoms with E-state index >= 15 is 0 Å². The molecule has 0 amide bonds. The molecule has 31 heavy (non-hydrogen) atoms. The van der Waals surface area contributed by atoms with Crippen LogP contribution in [0.2, 0.25) is 0 Å². The van der Waals surface area contributed by atoms with Crippen LogP contribution in [0.1, 0.15) is 43.0 Å². The smallest absolute Gasteiger partial charge is 0.235 e. The molecule has 0 aliphatic rings. The van der Waals surface area contributed by atoms with E-state index in [-0.39, 0.29) is 16.6 Å². The van der Waals surface area contributed by atoms with Crippen LogP contribution in [0.15, 0.2) is 75.9 Å². The summed E-state index contributed by atoms with van der Waals surface area (Å²) in [5.41, 5.74) is 5.70. The Bertz CT molecular complexity index is 1270. The van der Waals surface area contributed by atoms with E-state index in [2.05, 4.69) is 32.9 Å². The molecule has 1 heterocycles. The first-order valence-electron chi connectivity index (χ1n) is 10.6. The summed E-state index contributed by atoms with van der Waals surface area (Å²) < 4.78 is 12.3. The fraction of sp³-hybridized carbons (Fsp3) is 0.250. The summed E-state index contributed by atoms with van der Waals surface area (Å²) in [7, 11) is 0. The predicted molar refractivity (Wildman–Crippen MR) is 127 cm³/mol. The lowest BCUT2D eigenvalue weighted by Gasteiger charge is -2.19. The third-order valence-corrected chi connectivity index (χ3v) is 5.52. The number of fused-ring (bicyclic) bond motifs is 1. The molecule has 0 unspecified atom stereocenters. The van der Waals surface area contributed by atoms with E-state index in [1.807, 2.05) is 68.4 Å². The number of hydrogen-bond acceptors (Lipinski definition) is 3. The monoisotopic (exact) mass is 412 g/mol. The third kappa shape index (κ3) is 4.41. The van der Waals surface area contributed by atoms with E-state index in [0.717, 1.165) is 16.7 Å². The Balaban J connectivity index is 1.82. The molecule has 0 atom stereocenters. The highest BCUT2D eigenvalue weighted by Gasteiger charge is 2.19. The molecule has 0 N–H and O–H groups in total. The minimum Gasteiger partial charge on any atom is -0.481 e. The van der Waals surface area contributed by atoms with Gasteiger partial charge in [0.2, 0.25) is 11.2 Å². The average Bonchev–Trinajstić information content (AvgIpc) is 2.74. The van der Waals surface area contributed by atoms with Crippen molar-refractivity contribution in [2.75, 3.05) is 0 Å². The second-order valence-corrected chi connectivity index (χ2v) is 9.19. The van der Waals surface area contributed by atoms with E-state index in [4.69, 9.17) is 9.15 Å². The van der Waals surface area contributed by atoms with Crippen LogP contribution in [0.3, 0.4) is 0 Å². The van der Waals surface area contributed by atoms with Crippen molar-refractivity contribution < 1.29 is 9.15 Å². The van der Waals surface area contributed by atoms with E-state index in [9.17, 15) is 4.79 Å². The van der Waals surface area contributed by atoms with Crippen LogP contribution < -0.4 is 10.2 Å². The lowest BCUT2D eigenvalue weighted by molar-refractivity contribution is 0.298. The summed E-state index contributed by atoms with van der Waals surface area (Å²) in [5.74, 6) is 0.719. The van der Waals surface area contributed by atoms with Crippen molar-refractivity contribution in [3.05, 3.63) is 99.2 Å². The van der Waals surface area contributed by atoms with Crippen LogP contribution in [-0.4, -0.2) is 0 Å². The standard InChI is InChI=1S/C28H28O3/c1-18-6-9-20(10-7-18)17-30-27-25(29)23-16-19(2)8-15-24(23)31-26(27)21-11-13-22(14-12-21)28(3,4)5/h6-16H,17H2,1-5H3. The van der Waals surface area contributed by atoms with Crippen LogP contribution in [0.25, 0.3) is 22.3 Å². The molecule has 3 nitrogen and oxygen atoms in total. The molecule has 0 aliphatic carbocycles. The second kappa shape index (κ2) is 8.07. The molecule has 0 bridgehead atoms. The van der Waals surface area contributed by atoms with Crippen LogP contribution >= 0.6 is 0 Å². The van der Waals surface area contributed by atoms with Gasteiger partial charge >= 0.3 is 0 Å². The molecule has 0 spiro atoms. The van der Waals surface area contributed by atoms with Gasteiger partial charge in [-0.2, -0.15) is 0 Å². The van der Waals surface area contributed by atoms with Gasteiger partial charge in [0.25, 0.3) is 0 Å². The SMILES string of the molecule is Cc1ccc(COc2c(-c3ccc(C(C)(C)C)cc3)oc3ccc(C)cc3c2=O)cc1. The summed E-state index contributed by atoms with van der Waals surface area (Å²) in [6.07, 6.45) is 0. The Kier molecular flexibility index (Phi) is 5.45. The number of benzene rings is 3. The van der Waals surface area contributed by atoms with Crippen LogP contribution in [0.5, 0.6) is 5.75 Å². The molecule has 0 saturated carbocycles. The maximum Gasteiger partial charge on any atom is 0.235 e. The van der Waals surface area contributed by atoms with Crippen molar-refractivity contribution in [2.24, 2.45) is 0 Å². The van der Waals surface area contributed by atoms with Gasteiger partial charge in [-0.25, -0.2) is 0 Å². The van der Waals surface area contributed by atoms with Gasteiger partial charge in [-0.3, -0.25) is 4.79 Å². The zero-order chi connectivity index (χ0) is 22.2. The van der Waals surface area contributed by atoms with Crippen molar-refractivity contribution in [3.8, 4) is 17.1 Å². The van der Waals surface area contributed by atoms with Gasteiger partial charge in [0.05, 0.1) is 5.39 Å². The Morgan fingerprint density at radius 1 is 0.839 bits per heavy atom. The van der Waals surface area contributed by atoms with Crippen LogP contribution in [-0.2, 0) is 12.0 Å². The summed E-state index contributed by atoms with van der Waals surface area (Å²) >= 11 is 0. The summed E-state index contributed by atoms with van der Waals surface area (Å²) in [6, 6.07) is 21.9. The van der Waals surface area contributed by atoms with E-state index in [1.165, 1.54) is 11.1 Å². The van der Waals surface area contributed by atoms with Crippen molar-refractivity contribution in [3.63, 3.8) is 0 Å². The van der Waals surface area contributed by atoms with Gasteiger partial charge < -0.3 is 9.15 Å². The molecule has 1 aromatic heterocycles. The van der Waals surface area contributed by atoms with Gasteiger partial charge in [-0.1, -0.05) is 86.5 Å². The lowest BCUT2D eigenvalue weighted by atomic mass is 9.86. The van der Waals surface area contributed by atoms with Crippen molar-refractivity contribution in [2.45, 2.75) is 46.6 Å². The highest BCUT2D eigenvalue weighted by atomic mass is 16.5. The van der Waals surface area contributed by atoms with Crippen molar-refractivity contribution in [1.29, 1.82) is 0 Å². The maximum atomic E-state index is 13.4. The maximum absolute atomic E-state index is 13.4. The molecule has 0 aliphatic heterocycles. The number of ether oxygens (including phenoxy) is 1. The largest absolute Gasteiger partial charge is 0.481 e. The number of aryl methyl sites for hydroxylation is 2. The highest BCUT2D eigenvalue weighted by molar-refractivity contribution is 5.82. The van der Waals surface area contributed by atoms with Gasteiger partial charge in [0, 0.05) is 5.56 Å². The third-order valence-electron chi connectivity index (χ3n) is 5.52. The molecule has 3 heteroatoms. The molecule has 0 fully saturated rings. The summed E-state index contributed by atoms with van der Waals surface area (Å²) in [4.78, 5) is 13.4. The fourth-order valence-electron chi connectivity index (χ4n) is 3.57. The topological polar surface area (TPSA) is 39.4 Å². The van der Waals surface area contributed by atoms with Gasteiger partial charge in [0.15, 0.2) is 5.76 Å². The Hall–Kier alpha value is -3.33. The first-order chi connectivity index (χ1) is 14.7. The summed E-state index contributed by atoms with van der Waals surface area (Å²) in [6.45, 7) is 10.8.